The van der Waals surface area contributed by atoms with Gasteiger partial charge in [-0.05, 0) is 65.7 Å². The maximum Gasteiger partial charge on any atom is 0.311 e. The molecule has 0 aromatic carbocycles. The standard InChI is InChI=1S/C26H40O2/c1-5-7-8-9-10-11-12-13-14-15-16-17-18-19-20-21-22-23-24-26(3,4)25(27)28-6-2/h7-8,10-11,13-14,16-17,19-20,22-23H,5-6,9,12,15,18,21,24H2,1-4H3/b8-7-,11-10-,14-13-,17-16-,20-19-,23-22-. The first-order valence-electron chi connectivity index (χ1n) is 10.6. The monoisotopic (exact) mass is 384 g/mol. The van der Waals surface area contributed by atoms with Gasteiger partial charge in [0.25, 0.3) is 0 Å². The maximum atomic E-state index is 11.8. The number of allylic oxidation sites excluding steroid dienone is 12. The predicted octanol–water partition coefficient (Wildman–Crippen LogP) is 7.66. The van der Waals surface area contributed by atoms with Crippen molar-refractivity contribution < 1.29 is 9.53 Å². The molecule has 0 aliphatic rings. The Bertz CT molecular complexity index is 557. The number of hydrogen-bond acceptors (Lipinski definition) is 2. The van der Waals surface area contributed by atoms with E-state index in [0.29, 0.717) is 13.0 Å². The Labute approximate surface area is 173 Å². The molecule has 0 bridgehead atoms. The summed E-state index contributed by atoms with van der Waals surface area (Å²) in [5.41, 5.74) is -0.450. The summed E-state index contributed by atoms with van der Waals surface area (Å²) in [6.07, 6.45) is 32.8. The molecule has 0 aliphatic carbocycles. The fourth-order valence-corrected chi connectivity index (χ4v) is 2.31. The zero-order valence-electron chi connectivity index (χ0n) is 18.4. The van der Waals surface area contributed by atoms with Gasteiger partial charge in [-0.1, -0.05) is 79.8 Å². The van der Waals surface area contributed by atoms with Crippen molar-refractivity contribution >= 4 is 5.97 Å². The Morgan fingerprint density at radius 1 is 0.643 bits per heavy atom. The first kappa shape index (κ1) is 25.9. The van der Waals surface area contributed by atoms with E-state index in [9.17, 15) is 4.79 Å². The van der Waals surface area contributed by atoms with E-state index in [1.807, 2.05) is 20.8 Å². The van der Waals surface area contributed by atoms with Gasteiger partial charge in [0, 0.05) is 0 Å². The second kappa shape index (κ2) is 18.3. The van der Waals surface area contributed by atoms with Crippen molar-refractivity contribution in [3.63, 3.8) is 0 Å². The van der Waals surface area contributed by atoms with Crippen molar-refractivity contribution in [3.05, 3.63) is 72.9 Å². The van der Waals surface area contributed by atoms with E-state index >= 15 is 0 Å². The Balaban J connectivity index is 3.77. The predicted molar refractivity (Wildman–Crippen MR) is 123 cm³/mol. The molecule has 0 radical (unpaired) electrons. The molecular formula is C26H40O2. The molecule has 0 fully saturated rings. The fraction of sp³-hybridized carbons (Fsp3) is 0.500. The molecule has 0 N–H and O–H groups in total. The SMILES string of the molecule is CC/C=C\C/C=C\C/C=C\C/C=C\C/C=C\C/C=C\CC(C)(C)C(=O)OCC. The minimum atomic E-state index is -0.450. The third-order valence-electron chi connectivity index (χ3n) is 4.05. The number of rotatable bonds is 15. The molecule has 2 heteroatoms. The Morgan fingerprint density at radius 3 is 1.36 bits per heavy atom. The van der Waals surface area contributed by atoms with Gasteiger partial charge in [0.05, 0.1) is 12.0 Å². The van der Waals surface area contributed by atoms with E-state index in [2.05, 4.69) is 79.8 Å². The molecule has 0 unspecified atom stereocenters. The van der Waals surface area contributed by atoms with Crippen molar-refractivity contribution in [1.29, 1.82) is 0 Å². The van der Waals surface area contributed by atoms with Crippen LogP contribution < -0.4 is 0 Å². The van der Waals surface area contributed by atoms with Crippen LogP contribution in [0.2, 0.25) is 0 Å². The van der Waals surface area contributed by atoms with Crippen molar-refractivity contribution in [2.75, 3.05) is 6.61 Å². The van der Waals surface area contributed by atoms with Gasteiger partial charge in [-0.15, -0.1) is 0 Å². The lowest BCUT2D eigenvalue weighted by Crippen LogP contribution is -2.25. The molecule has 0 saturated heterocycles. The highest BCUT2D eigenvalue weighted by molar-refractivity contribution is 5.76. The molecule has 0 aromatic heterocycles. The van der Waals surface area contributed by atoms with Crippen molar-refractivity contribution in [3.8, 4) is 0 Å². The van der Waals surface area contributed by atoms with Crippen LogP contribution in [0.3, 0.4) is 0 Å². The number of carbonyl (C=O) groups is 1. The number of esters is 1. The van der Waals surface area contributed by atoms with Crippen molar-refractivity contribution in [2.24, 2.45) is 5.41 Å². The molecule has 2 nitrogen and oxygen atoms in total. The van der Waals surface area contributed by atoms with E-state index < -0.39 is 5.41 Å². The van der Waals surface area contributed by atoms with Crippen LogP contribution in [0.15, 0.2) is 72.9 Å². The molecule has 0 saturated carbocycles. The largest absolute Gasteiger partial charge is 0.466 e. The summed E-state index contributed by atoms with van der Waals surface area (Å²) in [6.45, 7) is 8.27. The quantitative estimate of drug-likeness (QED) is 0.214. The van der Waals surface area contributed by atoms with Crippen LogP contribution in [-0.2, 0) is 9.53 Å². The summed E-state index contributed by atoms with van der Waals surface area (Å²) in [5, 5.41) is 0. The smallest absolute Gasteiger partial charge is 0.311 e. The Kier molecular flexibility index (Phi) is 16.9. The molecule has 0 aliphatic heterocycles. The van der Waals surface area contributed by atoms with Gasteiger partial charge >= 0.3 is 5.97 Å². The highest BCUT2D eigenvalue weighted by atomic mass is 16.5. The van der Waals surface area contributed by atoms with Crippen LogP contribution in [-0.4, -0.2) is 12.6 Å². The van der Waals surface area contributed by atoms with E-state index in [1.54, 1.807) is 0 Å². The highest BCUT2D eigenvalue weighted by Crippen LogP contribution is 2.22. The lowest BCUT2D eigenvalue weighted by molar-refractivity contribution is -0.153. The number of ether oxygens (including phenoxy) is 1. The molecule has 0 heterocycles. The minimum Gasteiger partial charge on any atom is -0.466 e. The molecule has 0 rings (SSSR count). The third-order valence-corrected chi connectivity index (χ3v) is 4.05. The summed E-state index contributed by atoms with van der Waals surface area (Å²) in [6, 6.07) is 0. The molecule has 156 valence electrons. The summed E-state index contributed by atoms with van der Waals surface area (Å²) in [5.74, 6) is -0.130. The maximum absolute atomic E-state index is 11.8. The molecule has 0 atom stereocenters. The molecule has 0 amide bonds. The van der Waals surface area contributed by atoms with Gasteiger partial charge < -0.3 is 4.74 Å². The average molecular weight is 385 g/mol. The van der Waals surface area contributed by atoms with Gasteiger partial charge in [-0.25, -0.2) is 0 Å². The second-order valence-electron chi connectivity index (χ2n) is 7.22. The second-order valence-corrected chi connectivity index (χ2v) is 7.22. The van der Waals surface area contributed by atoms with Crippen LogP contribution in [0.25, 0.3) is 0 Å². The van der Waals surface area contributed by atoms with Gasteiger partial charge in [-0.3, -0.25) is 4.79 Å². The Morgan fingerprint density at radius 2 is 1.00 bits per heavy atom. The molecule has 0 spiro atoms. The minimum absolute atomic E-state index is 0.130. The van der Waals surface area contributed by atoms with E-state index in [4.69, 9.17) is 4.74 Å². The average Bonchev–Trinajstić information content (AvgIpc) is 2.67. The van der Waals surface area contributed by atoms with Crippen LogP contribution >= 0.6 is 0 Å². The van der Waals surface area contributed by atoms with Crippen molar-refractivity contribution in [2.45, 2.75) is 72.6 Å². The summed E-state index contributed by atoms with van der Waals surface area (Å²) >= 11 is 0. The van der Waals surface area contributed by atoms with E-state index in [1.165, 1.54) is 0 Å². The first-order valence-corrected chi connectivity index (χ1v) is 10.6. The normalized spacial score (nSPS) is 13.4. The first-order chi connectivity index (χ1) is 13.5. The van der Waals surface area contributed by atoms with Gasteiger partial charge in [0.2, 0.25) is 0 Å². The Hall–Kier alpha value is -2.09. The van der Waals surface area contributed by atoms with E-state index in [-0.39, 0.29) is 5.97 Å². The zero-order chi connectivity index (χ0) is 20.9. The third kappa shape index (κ3) is 16.1. The highest BCUT2D eigenvalue weighted by Gasteiger charge is 2.27. The summed E-state index contributed by atoms with van der Waals surface area (Å²) in [7, 11) is 0. The fourth-order valence-electron chi connectivity index (χ4n) is 2.31. The van der Waals surface area contributed by atoms with Gasteiger partial charge in [-0.2, -0.15) is 0 Å². The molecular weight excluding hydrogens is 344 g/mol. The van der Waals surface area contributed by atoms with Crippen LogP contribution in [0, 0.1) is 5.41 Å². The lowest BCUT2D eigenvalue weighted by Gasteiger charge is -2.20. The summed E-state index contributed by atoms with van der Waals surface area (Å²) in [4.78, 5) is 11.8. The van der Waals surface area contributed by atoms with Crippen LogP contribution in [0.5, 0.6) is 0 Å². The van der Waals surface area contributed by atoms with E-state index in [0.717, 1.165) is 38.5 Å². The zero-order valence-corrected chi connectivity index (χ0v) is 18.4. The van der Waals surface area contributed by atoms with Crippen LogP contribution in [0.1, 0.15) is 72.6 Å². The number of carbonyl (C=O) groups excluding carboxylic acids is 1. The lowest BCUT2D eigenvalue weighted by atomic mass is 9.89. The van der Waals surface area contributed by atoms with Gasteiger partial charge in [0.1, 0.15) is 0 Å². The van der Waals surface area contributed by atoms with Crippen LogP contribution in [0.4, 0.5) is 0 Å². The summed E-state index contributed by atoms with van der Waals surface area (Å²) < 4.78 is 5.09. The number of hydrogen-bond donors (Lipinski definition) is 0. The molecule has 28 heavy (non-hydrogen) atoms. The topological polar surface area (TPSA) is 26.3 Å². The van der Waals surface area contributed by atoms with Gasteiger partial charge in [0.15, 0.2) is 0 Å². The van der Waals surface area contributed by atoms with Crippen molar-refractivity contribution in [1.82, 2.24) is 0 Å². The molecule has 0 aromatic rings.